The third-order valence-corrected chi connectivity index (χ3v) is 5.79. The van der Waals surface area contributed by atoms with Crippen molar-refractivity contribution < 1.29 is 5.11 Å². The second kappa shape index (κ2) is 8.45. The molecule has 6 nitrogen and oxygen atoms in total. The lowest BCUT2D eigenvalue weighted by Crippen LogP contribution is -2.36. The Hall–Kier alpha value is -2.18. The van der Waals surface area contributed by atoms with E-state index < -0.39 is 0 Å². The van der Waals surface area contributed by atoms with Gasteiger partial charge in [0.2, 0.25) is 5.95 Å². The van der Waals surface area contributed by atoms with Gasteiger partial charge < -0.3 is 19.8 Å². The number of nitrogens with zero attached hydrogens (tertiary/aromatic N) is 5. The van der Waals surface area contributed by atoms with Gasteiger partial charge in [-0.15, -0.1) is 0 Å². The summed E-state index contributed by atoms with van der Waals surface area (Å²) in [7, 11) is 4.19. The van der Waals surface area contributed by atoms with E-state index >= 15 is 0 Å². The summed E-state index contributed by atoms with van der Waals surface area (Å²) in [6.07, 6.45) is 5.62. The van der Waals surface area contributed by atoms with Gasteiger partial charge in [0.05, 0.1) is 12.1 Å². The summed E-state index contributed by atoms with van der Waals surface area (Å²) in [5, 5.41) is 9.76. The van der Waals surface area contributed by atoms with E-state index in [1.165, 1.54) is 11.1 Å². The minimum atomic E-state index is -0.170. The van der Waals surface area contributed by atoms with Crippen molar-refractivity contribution in [3.05, 3.63) is 47.7 Å². The summed E-state index contributed by atoms with van der Waals surface area (Å²) in [6, 6.07) is 11.3. The second-order valence-electron chi connectivity index (χ2n) is 8.26. The van der Waals surface area contributed by atoms with E-state index in [1.807, 2.05) is 12.3 Å². The largest absolute Gasteiger partial charge is 0.393 e. The number of aromatic nitrogens is 2. The minimum absolute atomic E-state index is 0.170. The predicted molar refractivity (Wildman–Crippen MR) is 113 cm³/mol. The van der Waals surface area contributed by atoms with Crippen LogP contribution in [0.1, 0.15) is 42.9 Å². The number of benzene rings is 1. The maximum atomic E-state index is 9.76. The molecule has 0 amide bonds. The summed E-state index contributed by atoms with van der Waals surface area (Å²) in [5.41, 5.74) is 2.68. The molecule has 0 radical (unpaired) electrons. The quantitative estimate of drug-likeness (QED) is 0.860. The zero-order chi connectivity index (χ0) is 19.5. The highest BCUT2D eigenvalue weighted by molar-refractivity contribution is 5.46. The standard InChI is InChI=1S/C22H31N5O/c1-25(2)16-17-5-7-18(8-6-17)20-4-3-13-27(20)22-23-12-9-21(24-22)26-14-10-19(28)11-15-26/h5-9,12,19-20,28H,3-4,10-11,13-16H2,1-2H3/t20-/m0/s1. The number of hydrogen-bond donors (Lipinski definition) is 1. The molecule has 0 bridgehead atoms. The van der Waals surface area contributed by atoms with Gasteiger partial charge in [-0.3, -0.25) is 0 Å². The van der Waals surface area contributed by atoms with Gasteiger partial charge in [-0.2, -0.15) is 4.98 Å². The normalized spacial score (nSPS) is 20.9. The molecule has 2 saturated heterocycles. The molecule has 0 spiro atoms. The summed E-state index contributed by atoms with van der Waals surface area (Å²) in [6.45, 7) is 3.67. The molecule has 0 saturated carbocycles. The lowest BCUT2D eigenvalue weighted by atomic mass is 10.0. The van der Waals surface area contributed by atoms with Crippen LogP contribution in [0, 0.1) is 0 Å². The van der Waals surface area contributed by atoms with E-state index in [0.717, 1.165) is 63.6 Å². The van der Waals surface area contributed by atoms with Crippen LogP contribution in [0.3, 0.4) is 0 Å². The van der Waals surface area contributed by atoms with Crippen molar-refractivity contribution in [2.45, 2.75) is 44.4 Å². The van der Waals surface area contributed by atoms with Gasteiger partial charge in [0.15, 0.2) is 0 Å². The van der Waals surface area contributed by atoms with Crippen LogP contribution in [0.25, 0.3) is 0 Å². The zero-order valence-electron chi connectivity index (χ0n) is 17.0. The lowest BCUT2D eigenvalue weighted by Gasteiger charge is -2.31. The van der Waals surface area contributed by atoms with E-state index in [1.54, 1.807) is 0 Å². The molecular formula is C22H31N5O. The van der Waals surface area contributed by atoms with Gasteiger partial charge in [-0.05, 0) is 57.0 Å². The molecule has 2 aliphatic rings. The first-order valence-electron chi connectivity index (χ1n) is 10.4. The maximum absolute atomic E-state index is 9.76. The monoisotopic (exact) mass is 381 g/mol. The minimum Gasteiger partial charge on any atom is -0.393 e. The first kappa shape index (κ1) is 19.2. The Balaban J connectivity index is 1.51. The van der Waals surface area contributed by atoms with Crippen molar-refractivity contribution >= 4 is 11.8 Å². The average Bonchev–Trinajstić information content (AvgIpc) is 3.19. The van der Waals surface area contributed by atoms with Crippen LogP contribution in [0.2, 0.25) is 0 Å². The molecule has 4 rings (SSSR count). The Bertz CT molecular complexity index is 771. The summed E-state index contributed by atoms with van der Waals surface area (Å²) in [5.74, 6) is 1.80. The smallest absolute Gasteiger partial charge is 0.227 e. The Morgan fingerprint density at radius 1 is 1.04 bits per heavy atom. The summed E-state index contributed by atoms with van der Waals surface area (Å²) >= 11 is 0. The first-order chi connectivity index (χ1) is 13.6. The Kier molecular flexibility index (Phi) is 5.78. The highest BCUT2D eigenvalue weighted by atomic mass is 16.3. The van der Waals surface area contributed by atoms with E-state index in [9.17, 15) is 5.11 Å². The number of hydrogen-bond acceptors (Lipinski definition) is 6. The van der Waals surface area contributed by atoms with Crippen molar-refractivity contribution in [1.82, 2.24) is 14.9 Å². The highest BCUT2D eigenvalue weighted by Crippen LogP contribution is 2.35. The average molecular weight is 382 g/mol. The highest BCUT2D eigenvalue weighted by Gasteiger charge is 2.29. The molecule has 150 valence electrons. The van der Waals surface area contributed by atoms with Crippen LogP contribution in [-0.4, -0.2) is 59.8 Å². The number of aliphatic hydroxyl groups excluding tert-OH is 1. The van der Waals surface area contributed by atoms with E-state index in [4.69, 9.17) is 4.98 Å². The molecular weight excluding hydrogens is 350 g/mol. The molecule has 0 unspecified atom stereocenters. The van der Waals surface area contributed by atoms with Crippen molar-refractivity contribution in [1.29, 1.82) is 0 Å². The van der Waals surface area contributed by atoms with E-state index in [2.05, 4.69) is 58.0 Å². The molecule has 28 heavy (non-hydrogen) atoms. The fourth-order valence-corrected chi connectivity index (χ4v) is 4.31. The summed E-state index contributed by atoms with van der Waals surface area (Å²) < 4.78 is 0. The lowest BCUT2D eigenvalue weighted by molar-refractivity contribution is 0.145. The van der Waals surface area contributed by atoms with Crippen LogP contribution >= 0.6 is 0 Å². The van der Waals surface area contributed by atoms with E-state index in [-0.39, 0.29) is 6.10 Å². The second-order valence-corrected chi connectivity index (χ2v) is 8.26. The maximum Gasteiger partial charge on any atom is 0.227 e. The molecule has 1 N–H and O–H groups in total. The molecule has 6 heteroatoms. The number of anilines is 2. The van der Waals surface area contributed by atoms with Crippen molar-refractivity contribution in [2.24, 2.45) is 0 Å². The van der Waals surface area contributed by atoms with Crippen LogP contribution < -0.4 is 9.80 Å². The zero-order valence-corrected chi connectivity index (χ0v) is 17.0. The third-order valence-electron chi connectivity index (χ3n) is 5.79. The Morgan fingerprint density at radius 3 is 2.50 bits per heavy atom. The van der Waals surface area contributed by atoms with Crippen LogP contribution in [-0.2, 0) is 6.54 Å². The van der Waals surface area contributed by atoms with Crippen molar-refractivity contribution in [3.63, 3.8) is 0 Å². The Morgan fingerprint density at radius 2 is 1.79 bits per heavy atom. The number of piperidine rings is 1. The molecule has 0 aliphatic carbocycles. The van der Waals surface area contributed by atoms with Gasteiger partial charge in [-0.1, -0.05) is 24.3 Å². The number of rotatable bonds is 5. The molecule has 2 aromatic rings. The van der Waals surface area contributed by atoms with Crippen LogP contribution in [0.15, 0.2) is 36.5 Å². The van der Waals surface area contributed by atoms with Gasteiger partial charge in [0.25, 0.3) is 0 Å². The van der Waals surface area contributed by atoms with Crippen molar-refractivity contribution in [3.8, 4) is 0 Å². The molecule has 1 aromatic heterocycles. The molecule has 3 heterocycles. The van der Waals surface area contributed by atoms with Gasteiger partial charge in [-0.25, -0.2) is 4.98 Å². The topological polar surface area (TPSA) is 55.7 Å². The molecule has 1 atom stereocenters. The van der Waals surface area contributed by atoms with Crippen LogP contribution in [0.5, 0.6) is 0 Å². The third kappa shape index (κ3) is 4.28. The molecule has 2 fully saturated rings. The first-order valence-corrected chi connectivity index (χ1v) is 10.4. The van der Waals surface area contributed by atoms with Gasteiger partial charge in [0, 0.05) is 32.4 Å². The molecule has 1 aromatic carbocycles. The van der Waals surface area contributed by atoms with Crippen LogP contribution in [0.4, 0.5) is 11.8 Å². The number of aliphatic hydroxyl groups is 1. The fourth-order valence-electron chi connectivity index (χ4n) is 4.31. The van der Waals surface area contributed by atoms with Gasteiger partial charge in [0.1, 0.15) is 5.82 Å². The molecule has 2 aliphatic heterocycles. The fraction of sp³-hybridized carbons (Fsp3) is 0.545. The van der Waals surface area contributed by atoms with Crippen molar-refractivity contribution in [2.75, 3.05) is 43.5 Å². The predicted octanol–water partition coefficient (Wildman–Crippen LogP) is 2.84. The SMILES string of the molecule is CN(C)Cc1ccc([C@@H]2CCCN2c2nccc(N3CCC(O)CC3)n2)cc1. The summed E-state index contributed by atoms with van der Waals surface area (Å²) in [4.78, 5) is 16.3. The van der Waals surface area contributed by atoms with E-state index in [0.29, 0.717) is 6.04 Å². The van der Waals surface area contributed by atoms with Gasteiger partial charge >= 0.3 is 0 Å². The Labute approximate surface area is 167 Å².